The van der Waals surface area contributed by atoms with E-state index in [1.54, 1.807) is 6.07 Å². The molecule has 2 aromatic rings. The molecule has 26 heavy (non-hydrogen) atoms. The summed E-state index contributed by atoms with van der Waals surface area (Å²) in [5, 5.41) is 9.96. The number of benzene rings is 2. The van der Waals surface area contributed by atoms with Gasteiger partial charge in [0, 0.05) is 38.8 Å². The van der Waals surface area contributed by atoms with E-state index in [4.69, 9.17) is 0 Å². The van der Waals surface area contributed by atoms with Crippen LogP contribution in [0, 0.1) is 5.92 Å². The van der Waals surface area contributed by atoms with Crippen molar-refractivity contribution in [3.05, 3.63) is 65.7 Å². The number of piperazine rings is 1. The number of hydrogen-bond donors (Lipinski definition) is 1. The second-order valence-corrected chi connectivity index (χ2v) is 8.44. The van der Waals surface area contributed by atoms with Crippen LogP contribution in [0.15, 0.2) is 54.6 Å². The van der Waals surface area contributed by atoms with Gasteiger partial charge >= 0.3 is 0 Å². The second-order valence-electron chi connectivity index (χ2n) is 8.44. The van der Waals surface area contributed by atoms with Crippen molar-refractivity contribution in [2.45, 2.75) is 38.3 Å². The van der Waals surface area contributed by atoms with Gasteiger partial charge < -0.3 is 5.11 Å². The molecule has 2 heterocycles. The molecule has 2 saturated heterocycles. The normalized spacial score (nSPS) is 30.1. The lowest BCUT2D eigenvalue weighted by Gasteiger charge is -2.53. The minimum absolute atomic E-state index is 0.121. The van der Waals surface area contributed by atoms with Crippen LogP contribution in [0.1, 0.15) is 31.4 Å². The summed E-state index contributed by atoms with van der Waals surface area (Å²) >= 11 is 0. The minimum Gasteiger partial charge on any atom is -0.508 e. The van der Waals surface area contributed by atoms with Crippen molar-refractivity contribution in [3.8, 4) is 5.75 Å². The highest BCUT2D eigenvalue weighted by atomic mass is 16.3. The summed E-state index contributed by atoms with van der Waals surface area (Å²) in [6.07, 6.45) is 1.16. The summed E-state index contributed by atoms with van der Waals surface area (Å²) in [7, 11) is 0. The molecule has 3 heteroatoms. The third kappa shape index (κ3) is 3.38. The first-order valence-electron chi connectivity index (χ1n) is 9.84. The van der Waals surface area contributed by atoms with Gasteiger partial charge in [0.05, 0.1) is 0 Å². The Morgan fingerprint density at radius 2 is 1.85 bits per heavy atom. The van der Waals surface area contributed by atoms with Gasteiger partial charge in [0.25, 0.3) is 0 Å². The molecule has 2 aliphatic rings. The van der Waals surface area contributed by atoms with Crippen LogP contribution in [0.25, 0.3) is 0 Å². The lowest BCUT2D eigenvalue weighted by molar-refractivity contribution is -0.00557. The van der Waals surface area contributed by atoms with Gasteiger partial charge in [-0.15, -0.1) is 0 Å². The number of rotatable bonds is 3. The molecule has 138 valence electrons. The Bertz CT molecular complexity index is 747. The lowest BCUT2D eigenvalue weighted by Crippen LogP contribution is -2.60. The van der Waals surface area contributed by atoms with Crippen LogP contribution in [0.2, 0.25) is 0 Å². The zero-order valence-corrected chi connectivity index (χ0v) is 15.9. The Morgan fingerprint density at radius 3 is 2.62 bits per heavy atom. The third-order valence-corrected chi connectivity index (χ3v) is 6.70. The standard InChI is InChI=1S/C23H30N2O/c1-18-15-25-12-11-24(16-19-7-4-3-5-8-19)17-21(25)14-23(18,2)20-9-6-10-22(26)13-20/h3-10,13,18,21,26H,11-12,14-17H2,1-2H3/t18-,21?,23+/m0/s1. The summed E-state index contributed by atoms with van der Waals surface area (Å²) in [6.45, 7) is 10.4. The molecule has 2 aliphatic heterocycles. The van der Waals surface area contributed by atoms with Crippen LogP contribution in [-0.4, -0.2) is 47.1 Å². The van der Waals surface area contributed by atoms with Gasteiger partial charge in [-0.3, -0.25) is 9.80 Å². The summed E-state index contributed by atoms with van der Waals surface area (Å²) in [5.41, 5.74) is 2.81. The van der Waals surface area contributed by atoms with Crippen molar-refractivity contribution in [1.29, 1.82) is 0 Å². The van der Waals surface area contributed by atoms with Crippen LogP contribution >= 0.6 is 0 Å². The maximum Gasteiger partial charge on any atom is 0.115 e. The van der Waals surface area contributed by atoms with E-state index >= 15 is 0 Å². The highest BCUT2D eigenvalue weighted by Gasteiger charge is 2.44. The van der Waals surface area contributed by atoms with Crippen molar-refractivity contribution in [3.63, 3.8) is 0 Å². The van der Waals surface area contributed by atoms with E-state index in [1.807, 2.05) is 12.1 Å². The number of fused-ring (bicyclic) bond motifs is 1. The number of phenolic OH excluding ortho intramolecular Hbond substituents is 1. The molecule has 0 spiro atoms. The van der Waals surface area contributed by atoms with Crippen LogP contribution in [0.5, 0.6) is 5.75 Å². The molecular formula is C23H30N2O. The maximum absolute atomic E-state index is 9.96. The summed E-state index contributed by atoms with van der Waals surface area (Å²) in [4.78, 5) is 5.30. The Kier molecular flexibility index (Phi) is 4.76. The first-order chi connectivity index (χ1) is 12.5. The molecule has 4 rings (SSSR count). The van der Waals surface area contributed by atoms with Crippen LogP contribution in [0.4, 0.5) is 0 Å². The van der Waals surface area contributed by atoms with Crippen molar-refractivity contribution >= 4 is 0 Å². The quantitative estimate of drug-likeness (QED) is 0.910. The predicted molar refractivity (Wildman–Crippen MR) is 106 cm³/mol. The van der Waals surface area contributed by atoms with Crippen LogP contribution in [0.3, 0.4) is 0 Å². The molecule has 0 amide bonds. The molecule has 1 unspecified atom stereocenters. The topological polar surface area (TPSA) is 26.7 Å². The Morgan fingerprint density at radius 1 is 1.04 bits per heavy atom. The molecule has 3 atom stereocenters. The van der Waals surface area contributed by atoms with Crippen LogP contribution in [-0.2, 0) is 12.0 Å². The van der Waals surface area contributed by atoms with Crippen molar-refractivity contribution in [1.82, 2.24) is 9.80 Å². The smallest absolute Gasteiger partial charge is 0.115 e. The third-order valence-electron chi connectivity index (χ3n) is 6.70. The zero-order valence-electron chi connectivity index (χ0n) is 15.9. The molecule has 1 N–H and O–H groups in total. The van der Waals surface area contributed by atoms with E-state index in [2.05, 4.69) is 60.0 Å². The van der Waals surface area contributed by atoms with E-state index in [0.29, 0.717) is 17.7 Å². The van der Waals surface area contributed by atoms with E-state index in [0.717, 1.165) is 39.1 Å². The number of phenols is 1. The van der Waals surface area contributed by atoms with E-state index in [-0.39, 0.29) is 5.41 Å². The molecule has 0 saturated carbocycles. The Balaban J connectivity index is 1.50. The number of aromatic hydroxyl groups is 1. The molecule has 0 aliphatic carbocycles. The van der Waals surface area contributed by atoms with Crippen molar-refractivity contribution in [2.75, 3.05) is 26.2 Å². The molecule has 2 aromatic carbocycles. The van der Waals surface area contributed by atoms with Gasteiger partial charge in [-0.25, -0.2) is 0 Å². The summed E-state index contributed by atoms with van der Waals surface area (Å²) in [6, 6.07) is 19.3. The average molecular weight is 351 g/mol. The highest BCUT2D eigenvalue weighted by Crippen LogP contribution is 2.43. The molecule has 0 bridgehead atoms. The van der Waals surface area contributed by atoms with E-state index < -0.39 is 0 Å². The SMILES string of the molecule is C[C@H]1CN2CCN(Cc3ccccc3)CC2C[C@@]1(C)c1cccc(O)c1. The van der Waals surface area contributed by atoms with Gasteiger partial charge in [-0.2, -0.15) is 0 Å². The first kappa shape index (κ1) is 17.6. The molecule has 2 fully saturated rings. The summed E-state index contributed by atoms with van der Waals surface area (Å²) in [5.74, 6) is 0.967. The first-order valence-corrected chi connectivity index (χ1v) is 9.84. The average Bonchev–Trinajstić information content (AvgIpc) is 2.64. The minimum atomic E-state index is 0.121. The zero-order chi connectivity index (χ0) is 18.1. The highest BCUT2D eigenvalue weighted by molar-refractivity contribution is 5.34. The largest absolute Gasteiger partial charge is 0.508 e. The van der Waals surface area contributed by atoms with Crippen molar-refractivity contribution in [2.24, 2.45) is 5.92 Å². The van der Waals surface area contributed by atoms with Crippen LogP contribution < -0.4 is 0 Å². The maximum atomic E-state index is 9.96. The molecular weight excluding hydrogens is 320 g/mol. The number of nitrogens with zero attached hydrogens (tertiary/aromatic N) is 2. The van der Waals surface area contributed by atoms with E-state index in [1.165, 1.54) is 11.1 Å². The van der Waals surface area contributed by atoms with Gasteiger partial charge in [0.2, 0.25) is 0 Å². The monoisotopic (exact) mass is 350 g/mol. The Hall–Kier alpha value is -1.84. The second kappa shape index (κ2) is 7.05. The van der Waals surface area contributed by atoms with Crippen molar-refractivity contribution < 1.29 is 5.11 Å². The summed E-state index contributed by atoms with van der Waals surface area (Å²) < 4.78 is 0. The van der Waals surface area contributed by atoms with Gasteiger partial charge in [0.15, 0.2) is 0 Å². The molecule has 3 nitrogen and oxygen atoms in total. The Labute approximate surface area is 157 Å². The molecule has 0 aromatic heterocycles. The lowest BCUT2D eigenvalue weighted by atomic mass is 9.65. The predicted octanol–water partition coefficient (Wildman–Crippen LogP) is 3.88. The number of hydrogen-bond acceptors (Lipinski definition) is 3. The fourth-order valence-corrected chi connectivity index (χ4v) is 4.88. The van der Waals surface area contributed by atoms with Gasteiger partial charge in [-0.1, -0.05) is 56.3 Å². The van der Waals surface area contributed by atoms with E-state index in [9.17, 15) is 5.11 Å². The van der Waals surface area contributed by atoms with Gasteiger partial charge in [-0.05, 0) is 41.0 Å². The fourth-order valence-electron chi connectivity index (χ4n) is 4.88. The number of piperidine rings is 1. The fraction of sp³-hybridized carbons (Fsp3) is 0.478. The van der Waals surface area contributed by atoms with Gasteiger partial charge in [0.1, 0.15) is 5.75 Å². The molecule has 0 radical (unpaired) electrons.